The molecule has 0 radical (unpaired) electrons. The summed E-state index contributed by atoms with van der Waals surface area (Å²) in [6, 6.07) is 4.85. The lowest BCUT2D eigenvalue weighted by molar-refractivity contribution is 0.0698. The number of nitrogens with two attached hydrogens (primary N) is 1. The minimum absolute atomic E-state index is 0.277. The molecule has 1 atom stereocenters. The molecule has 0 saturated carbocycles. The molecule has 0 aromatic heterocycles. The Labute approximate surface area is 115 Å². The third-order valence-electron chi connectivity index (χ3n) is 3.40. The predicted octanol–water partition coefficient (Wildman–Crippen LogP) is 3.60. The number of rotatable bonds is 8. The number of anilines is 2. The van der Waals surface area contributed by atoms with Gasteiger partial charge in [-0.15, -0.1) is 0 Å². The molecule has 4 N–H and O–H groups in total. The molecular formula is C15H24N2O2. The number of benzene rings is 1. The second-order valence-electron chi connectivity index (χ2n) is 4.91. The van der Waals surface area contributed by atoms with Crippen LogP contribution in [0.3, 0.4) is 0 Å². The smallest absolute Gasteiger partial charge is 0.337 e. The number of hydrogen-bond donors (Lipinski definition) is 3. The quantitative estimate of drug-likeness (QED) is 0.627. The maximum Gasteiger partial charge on any atom is 0.337 e. The van der Waals surface area contributed by atoms with Gasteiger partial charge in [0.05, 0.1) is 11.3 Å². The lowest BCUT2D eigenvalue weighted by atomic mass is 9.99. The Morgan fingerprint density at radius 3 is 2.74 bits per heavy atom. The zero-order valence-corrected chi connectivity index (χ0v) is 11.8. The minimum Gasteiger partial charge on any atom is -0.478 e. The molecule has 0 spiro atoms. The van der Waals surface area contributed by atoms with Gasteiger partial charge in [0.1, 0.15) is 0 Å². The molecule has 106 valence electrons. The first kappa shape index (κ1) is 15.3. The summed E-state index contributed by atoms with van der Waals surface area (Å²) in [5.74, 6) is -0.355. The maximum atomic E-state index is 11.1. The first-order valence-corrected chi connectivity index (χ1v) is 6.95. The average Bonchev–Trinajstić information content (AvgIpc) is 2.38. The molecular weight excluding hydrogens is 240 g/mol. The van der Waals surface area contributed by atoms with E-state index in [4.69, 9.17) is 10.8 Å². The SMILES string of the molecule is CCCCC(CC)CNc1cc(N)ccc1C(=O)O. The third kappa shape index (κ3) is 4.81. The van der Waals surface area contributed by atoms with Crippen molar-refractivity contribution < 1.29 is 9.90 Å². The first-order chi connectivity index (χ1) is 9.08. The van der Waals surface area contributed by atoms with E-state index in [-0.39, 0.29) is 5.56 Å². The highest BCUT2D eigenvalue weighted by molar-refractivity contribution is 5.95. The van der Waals surface area contributed by atoms with Crippen LogP contribution < -0.4 is 11.1 Å². The van der Waals surface area contributed by atoms with E-state index in [2.05, 4.69) is 19.2 Å². The fraction of sp³-hybridized carbons (Fsp3) is 0.533. The number of hydrogen-bond acceptors (Lipinski definition) is 3. The highest BCUT2D eigenvalue weighted by Crippen LogP contribution is 2.21. The van der Waals surface area contributed by atoms with Gasteiger partial charge >= 0.3 is 5.97 Å². The van der Waals surface area contributed by atoms with E-state index in [1.165, 1.54) is 19.3 Å². The first-order valence-electron chi connectivity index (χ1n) is 6.95. The van der Waals surface area contributed by atoms with Crippen LogP contribution in [0.1, 0.15) is 49.9 Å². The topological polar surface area (TPSA) is 75.3 Å². The van der Waals surface area contributed by atoms with E-state index in [9.17, 15) is 4.79 Å². The number of carbonyl (C=O) groups is 1. The van der Waals surface area contributed by atoms with E-state index < -0.39 is 5.97 Å². The van der Waals surface area contributed by atoms with Crippen LogP contribution in [0.5, 0.6) is 0 Å². The van der Waals surface area contributed by atoms with Crippen LogP contribution in [0.15, 0.2) is 18.2 Å². The summed E-state index contributed by atoms with van der Waals surface area (Å²) in [7, 11) is 0. The van der Waals surface area contributed by atoms with Crippen LogP contribution >= 0.6 is 0 Å². The number of carboxylic acid groups (broad SMARTS) is 1. The van der Waals surface area contributed by atoms with Crippen molar-refractivity contribution in [3.05, 3.63) is 23.8 Å². The number of carboxylic acids is 1. The molecule has 0 aliphatic heterocycles. The van der Waals surface area contributed by atoms with Crippen molar-refractivity contribution in [2.24, 2.45) is 5.92 Å². The Morgan fingerprint density at radius 2 is 2.16 bits per heavy atom. The molecule has 4 nitrogen and oxygen atoms in total. The number of aromatic carboxylic acids is 1. The summed E-state index contributed by atoms with van der Waals surface area (Å²) >= 11 is 0. The number of nitrogen functional groups attached to an aromatic ring is 1. The van der Waals surface area contributed by atoms with Crippen LogP contribution in [-0.4, -0.2) is 17.6 Å². The van der Waals surface area contributed by atoms with Crippen LogP contribution in [0.25, 0.3) is 0 Å². The van der Waals surface area contributed by atoms with Gasteiger partial charge in [0.2, 0.25) is 0 Å². The minimum atomic E-state index is -0.927. The van der Waals surface area contributed by atoms with Crippen molar-refractivity contribution in [2.45, 2.75) is 39.5 Å². The van der Waals surface area contributed by atoms with Crippen molar-refractivity contribution >= 4 is 17.3 Å². The van der Waals surface area contributed by atoms with Gasteiger partial charge in [-0.25, -0.2) is 4.79 Å². The lowest BCUT2D eigenvalue weighted by Crippen LogP contribution is -2.16. The molecule has 1 unspecified atom stereocenters. The van der Waals surface area contributed by atoms with E-state index in [1.807, 2.05) is 0 Å². The normalized spacial score (nSPS) is 12.1. The van der Waals surface area contributed by atoms with Crippen molar-refractivity contribution in [3.63, 3.8) is 0 Å². The van der Waals surface area contributed by atoms with Crippen LogP contribution in [0.2, 0.25) is 0 Å². The molecule has 0 saturated heterocycles. The number of nitrogens with one attached hydrogen (secondary N) is 1. The summed E-state index contributed by atoms with van der Waals surface area (Å²) in [5, 5.41) is 12.4. The van der Waals surface area contributed by atoms with Gasteiger partial charge in [-0.2, -0.15) is 0 Å². The van der Waals surface area contributed by atoms with Gasteiger partial charge in [0.15, 0.2) is 0 Å². The summed E-state index contributed by atoms with van der Waals surface area (Å²) in [6.45, 7) is 5.14. The molecule has 1 aromatic carbocycles. The Hall–Kier alpha value is -1.71. The fourth-order valence-electron chi connectivity index (χ4n) is 2.09. The zero-order valence-electron chi connectivity index (χ0n) is 11.8. The Balaban J connectivity index is 2.70. The molecule has 0 aliphatic rings. The Kier molecular flexibility index (Phi) is 6.19. The highest BCUT2D eigenvalue weighted by Gasteiger charge is 2.12. The second-order valence-corrected chi connectivity index (χ2v) is 4.91. The standard InChI is InChI=1S/C15H24N2O2/c1-3-5-6-11(4-2)10-17-14-9-12(16)7-8-13(14)15(18)19/h7-9,11,17H,3-6,10,16H2,1-2H3,(H,18,19). The summed E-state index contributed by atoms with van der Waals surface area (Å²) < 4.78 is 0. The monoisotopic (exact) mass is 264 g/mol. The van der Waals surface area contributed by atoms with E-state index in [0.717, 1.165) is 13.0 Å². The lowest BCUT2D eigenvalue weighted by Gasteiger charge is -2.17. The zero-order chi connectivity index (χ0) is 14.3. The van der Waals surface area contributed by atoms with Gasteiger partial charge in [0, 0.05) is 12.2 Å². The van der Waals surface area contributed by atoms with Crippen LogP contribution in [0, 0.1) is 5.92 Å². The van der Waals surface area contributed by atoms with Gasteiger partial charge in [-0.1, -0.05) is 33.1 Å². The third-order valence-corrected chi connectivity index (χ3v) is 3.40. The second kappa shape index (κ2) is 7.67. The van der Waals surface area contributed by atoms with E-state index in [1.54, 1.807) is 18.2 Å². The highest BCUT2D eigenvalue weighted by atomic mass is 16.4. The summed E-state index contributed by atoms with van der Waals surface area (Å²) in [6.07, 6.45) is 4.67. The van der Waals surface area contributed by atoms with Gasteiger partial charge in [-0.05, 0) is 30.5 Å². The molecule has 0 heterocycles. The molecule has 4 heteroatoms. The van der Waals surface area contributed by atoms with Crippen molar-refractivity contribution in [3.8, 4) is 0 Å². The Bertz CT molecular complexity index is 419. The van der Waals surface area contributed by atoms with Crippen molar-refractivity contribution in [2.75, 3.05) is 17.6 Å². The average molecular weight is 264 g/mol. The molecule has 19 heavy (non-hydrogen) atoms. The summed E-state index contributed by atoms with van der Waals surface area (Å²) in [5.41, 5.74) is 7.18. The molecule has 0 fully saturated rings. The maximum absolute atomic E-state index is 11.1. The van der Waals surface area contributed by atoms with Crippen molar-refractivity contribution in [1.29, 1.82) is 0 Å². The van der Waals surface area contributed by atoms with Gasteiger partial charge in [0.25, 0.3) is 0 Å². The molecule has 0 amide bonds. The van der Waals surface area contributed by atoms with Crippen LogP contribution in [0.4, 0.5) is 11.4 Å². The summed E-state index contributed by atoms with van der Waals surface area (Å²) in [4.78, 5) is 11.1. The fourth-order valence-corrected chi connectivity index (χ4v) is 2.09. The van der Waals surface area contributed by atoms with Gasteiger partial charge in [-0.3, -0.25) is 0 Å². The van der Waals surface area contributed by atoms with Crippen molar-refractivity contribution in [1.82, 2.24) is 0 Å². The molecule has 0 bridgehead atoms. The largest absolute Gasteiger partial charge is 0.478 e. The van der Waals surface area contributed by atoms with Crippen LogP contribution in [-0.2, 0) is 0 Å². The Morgan fingerprint density at radius 1 is 1.42 bits per heavy atom. The van der Waals surface area contributed by atoms with E-state index >= 15 is 0 Å². The molecule has 0 aliphatic carbocycles. The van der Waals surface area contributed by atoms with Gasteiger partial charge < -0.3 is 16.2 Å². The number of unbranched alkanes of at least 4 members (excludes halogenated alkanes) is 1. The molecule has 1 rings (SSSR count). The molecule has 1 aromatic rings. The predicted molar refractivity (Wildman–Crippen MR) is 79.6 cm³/mol. The van der Waals surface area contributed by atoms with E-state index in [0.29, 0.717) is 17.3 Å².